The third kappa shape index (κ3) is 9.21. The average molecular weight is 469 g/mol. The van der Waals surface area contributed by atoms with Gasteiger partial charge >= 0.3 is 6.18 Å². The summed E-state index contributed by atoms with van der Waals surface area (Å²) in [6, 6.07) is 11.8. The van der Waals surface area contributed by atoms with Crippen LogP contribution in [0.25, 0.3) is 0 Å². The molecule has 0 unspecified atom stereocenters. The number of amides is 1. The van der Waals surface area contributed by atoms with Gasteiger partial charge < -0.3 is 14.9 Å². The molecule has 1 amide bonds. The lowest BCUT2D eigenvalue weighted by molar-refractivity contribution is -0.137. The number of nitrogens with one attached hydrogen (secondary N) is 3. The molecule has 32 heavy (non-hydrogen) atoms. The quantitative estimate of drug-likeness (QED) is 0.298. The largest absolute Gasteiger partial charge is 0.484 e. The van der Waals surface area contributed by atoms with Crippen molar-refractivity contribution in [2.75, 3.05) is 13.2 Å². The van der Waals surface area contributed by atoms with Crippen LogP contribution in [0.2, 0.25) is 0 Å². The summed E-state index contributed by atoms with van der Waals surface area (Å²) in [5, 5.41) is 6.95. The van der Waals surface area contributed by atoms with Gasteiger partial charge in [0.2, 0.25) is 0 Å². The Hall–Kier alpha value is -3.34. The first-order valence-electron chi connectivity index (χ1n) is 9.62. The molecular weight excluding hydrogens is 445 g/mol. The zero-order valence-corrected chi connectivity index (χ0v) is 18.1. The molecule has 0 saturated carbocycles. The topological polar surface area (TPSA) is 84.0 Å². The van der Waals surface area contributed by atoms with Crippen LogP contribution in [0.5, 0.6) is 5.75 Å². The molecule has 0 bridgehead atoms. The van der Waals surface area contributed by atoms with Crippen LogP contribution in [0.15, 0.2) is 53.7 Å². The molecule has 0 aliphatic heterocycles. The lowest BCUT2D eigenvalue weighted by Crippen LogP contribution is -2.48. The van der Waals surface area contributed by atoms with E-state index in [1.165, 1.54) is 12.1 Å². The Balaban J connectivity index is 1.67. The molecule has 172 valence electrons. The van der Waals surface area contributed by atoms with Crippen LogP contribution in [0.3, 0.4) is 0 Å². The summed E-state index contributed by atoms with van der Waals surface area (Å²) in [7, 11) is 0. The number of carbonyl (C=O) groups excluding carboxylic acids is 1. The van der Waals surface area contributed by atoms with Crippen molar-refractivity contribution in [2.45, 2.75) is 26.1 Å². The summed E-state index contributed by atoms with van der Waals surface area (Å²) < 4.78 is 43.0. The molecule has 0 spiro atoms. The van der Waals surface area contributed by atoms with Crippen molar-refractivity contribution in [1.29, 1.82) is 0 Å². The Morgan fingerprint density at radius 1 is 1.06 bits per heavy atom. The number of thiocarbonyl (C=S) groups is 1. The maximum atomic E-state index is 12.5. The summed E-state index contributed by atoms with van der Waals surface area (Å²) >= 11 is 4.92. The molecule has 2 rings (SSSR count). The van der Waals surface area contributed by atoms with E-state index >= 15 is 0 Å². The van der Waals surface area contributed by atoms with E-state index in [4.69, 9.17) is 21.8 Å². The molecule has 0 aliphatic rings. The SMILES string of the molecule is CCNC(=S)NNC(=O)COc1ccc(CC=NOCc2ccc(C(F)(F)F)cc2)cc1. The van der Waals surface area contributed by atoms with Crippen LogP contribution in [0.1, 0.15) is 23.6 Å². The van der Waals surface area contributed by atoms with Gasteiger partial charge in [0.05, 0.1) is 5.56 Å². The van der Waals surface area contributed by atoms with E-state index in [9.17, 15) is 18.0 Å². The highest BCUT2D eigenvalue weighted by Gasteiger charge is 2.29. The summed E-state index contributed by atoms with van der Waals surface area (Å²) in [6.45, 7) is 2.41. The summed E-state index contributed by atoms with van der Waals surface area (Å²) in [5.74, 6) is 0.139. The van der Waals surface area contributed by atoms with Crippen molar-refractivity contribution in [1.82, 2.24) is 16.2 Å². The monoisotopic (exact) mass is 468 g/mol. The predicted octanol–water partition coefficient (Wildman–Crippen LogP) is 3.34. The second kappa shape index (κ2) is 12.5. The van der Waals surface area contributed by atoms with Gasteiger partial charge in [-0.3, -0.25) is 15.6 Å². The van der Waals surface area contributed by atoms with Gasteiger partial charge in [0.15, 0.2) is 11.7 Å². The smallest absolute Gasteiger partial charge is 0.416 e. The van der Waals surface area contributed by atoms with Crippen molar-refractivity contribution in [2.24, 2.45) is 5.16 Å². The van der Waals surface area contributed by atoms with Crippen molar-refractivity contribution in [3.63, 3.8) is 0 Å². The molecule has 2 aromatic rings. The van der Waals surface area contributed by atoms with Gasteiger partial charge in [0, 0.05) is 19.2 Å². The highest BCUT2D eigenvalue weighted by Crippen LogP contribution is 2.29. The molecule has 0 aromatic heterocycles. The van der Waals surface area contributed by atoms with E-state index in [1.54, 1.807) is 18.3 Å². The minimum atomic E-state index is -4.36. The Labute approximate surface area is 188 Å². The number of alkyl halides is 3. The van der Waals surface area contributed by atoms with Crippen molar-refractivity contribution in [3.8, 4) is 5.75 Å². The van der Waals surface area contributed by atoms with Crippen LogP contribution in [0.4, 0.5) is 13.2 Å². The molecule has 3 N–H and O–H groups in total. The molecule has 0 aliphatic carbocycles. The maximum Gasteiger partial charge on any atom is 0.416 e. The number of hydrazine groups is 1. The molecule has 2 aromatic carbocycles. The zero-order valence-electron chi connectivity index (χ0n) is 17.2. The summed E-state index contributed by atoms with van der Waals surface area (Å²) in [5.41, 5.74) is 5.77. The van der Waals surface area contributed by atoms with Crippen molar-refractivity contribution < 1.29 is 27.5 Å². The van der Waals surface area contributed by atoms with Gasteiger partial charge in [0.25, 0.3) is 5.91 Å². The molecule has 7 nitrogen and oxygen atoms in total. The Morgan fingerprint density at radius 3 is 2.34 bits per heavy atom. The number of rotatable bonds is 9. The number of nitrogens with zero attached hydrogens (tertiary/aromatic N) is 1. The number of carbonyl (C=O) groups is 1. The van der Waals surface area contributed by atoms with E-state index in [-0.39, 0.29) is 19.1 Å². The van der Waals surface area contributed by atoms with E-state index in [0.29, 0.717) is 29.4 Å². The number of halogens is 3. The molecule has 0 fully saturated rings. The van der Waals surface area contributed by atoms with E-state index in [1.807, 2.05) is 19.1 Å². The second-order valence-corrected chi connectivity index (χ2v) is 6.83. The van der Waals surface area contributed by atoms with Crippen LogP contribution >= 0.6 is 12.2 Å². The molecule has 0 atom stereocenters. The van der Waals surface area contributed by atoms with Gasteiger partial charge in [-0.05, 0) is 54.5 Å². The van der Waals surface area contributed by atoms with Gasteiger partial charge in [-0.15, -0.1) is 0 Å². The highest BCUT2D eigenvalue weighted by atomic mass is 32.1. The minimum Gasteiger partial charge on any atom is -0.484 e. The van der Waals surface area contributed by atoms with Gasteiger partial charge in [-0.25, -0.2) is 0 Å². The van der Waals surface area contributed by atoms with Crippen LogP contribution in [-0.2, 0) is 28.8 Å². The first-order valence-corrected chi connectivity index (χ1v) is 10.0. The number of ether oxygens (including phenoxy) is 1. The Kier molecular flexibility index (Phi) is 9.74. The van der Waals surface area contributed by atoms with Crippen LogP contribution < -0.4 is 20.9 Å². The molecular formula is C21H23F3N4O3S. The van der Waals surface area contributed by atoms with Crippen LogP contribution in [0, 0.1) is 0 Å². The highest BCUT2D eigenvalue weighted by molar-refractivity contribution is 7.80. The lowest BCUT2D eigenvalue weighted by atomic mass is 10.1. The van der Waals surface area contributed by atoms with E-state index in [2.05, 4.69) is 21.3 Å². The predicted molar refractivity (Wildman–Crippen MR) is 118 cm³/mol. The average Bonchev–Trinajstić information content (AvgIpc) is 2.77. The number of hydrogen-bond donors (Lipinski definition) is 3. The number of hydrogen-bond acceptors (Lipinski definition) is 5. The van der Waals surface area contributed by atoms with E-state index in [0.717, 1.165) is 17.7 Å². The van der Waals surface area contributed by atoms with Gasteiger partial charge in [-0.2, -0.15) is 13.2 Å². The molecule has 0 heterocycles. The van der Waals surface area contributed by atoms with Crippen molar-refractivity contribution >= 4 is 29.5 Å². The normalized spacial score (nSPS) is 11.1. The fourth-order valence-corrected chi connectivity index (χ4v) is 2.53. The van der Waals surface area contributed by atoms with E-state index < -0.39 is 11.7 Å². The Morgan fingerprint density at radius 2 is 1.72 bits per heavy atom. The van der Waals surface area contributed by atoms with Crippen LogP contribution in [-0.4, -0.2) is 30.4 Å². The number of oxime groups is 1. The standard InChI is InChI=1S/C21H23F3N4O3S/c1-2-25-20(32)28-27-19(29)14-30-18-9-5-15(6-10-18)11-12-26-31-13-16-3-7-17(8-4-16)21(22,23)24/h3-10,12H,2,11,13-14H2,1H3,(H,27,29)(H2,25,28,32). The van der Waals surface area contributed by atoms with Gasteiger partial charge in [-0.1, -0.05) is 29.4 Å². The van der Waals surface area contributed by atoms with Gasteiger partial charge in [0.1, 0.15) is 12.4 Å². The molecule has 0 radical (unpaired) electrons. The third-order valence-electron chi connectivity index (χ3n) is 3.93. The summed E-state index contributed by atoms with van der Waals surface area (Å²) in [6.07, 6.45) is -2.33. The molecule has 11 heteroatoms. The zero-order chi connectivity index (χ0) is 23.4. The Bertz CT molecular complexity index is 904. The molecule has 0 saturated heterocycles. The fraction of sp³-hybridized carbons (Fsp3) is 0.286. The maximum absolute atomic E-state index is 12.5. The fourth-order valence-electron chi connectivity index (χ4n) is 2.34. The lowest BCUT2D eigenvalue weighted by Gasteiger charge is -2.11. The number of benzene rings is 2. The van der Waals surface area contributed by atoms with Crippen molar-refractivity contribution in [3.05, 3.63) is 65.2 Å². The first-order chi connectivity index (χ1) is 15.3. The summed E-state index contributed by atoms with van der Waals surface area (Å²) in [4.78, 5) is 16.8. The third-order valence-corrected chi connectivity index (χ3v) is 4.18. The second-order valence-electron chi connectivity index (χ2n) is 6.43. The first kappa shape index (κ1) is 24.9. The minimum absolute atomic E-state index is 0.0670.